The monoisotopic (exact) mass is 450 g/mol. The third kappa shape index (κ3) is 4.13. The Morgan fingerprint density at radius 2 is 1.96 bits per heavy atom. The number of allylic oxidation sites excluding steroid dienone is 1. The lowest BCUT2D eigenvalue weighted by atomic mass is 9.73. The molecule has 1 aliphatic carbocycles. The van der Waals surface area contributed by atoms with Gasteiger partial charge >= 0.3 is 0 Å². The van der Waals surface area contributed by atoms with Gasteiger partial charge in [0.25, 0.3) is 0 Å². The molecule has 0 bridgehead atoms. The number of para-hydroxylation sites is 1. The third-order valence-electron chi connectivity index (χ3n) is 6.12. The molecule has 3 aliphatic rings. The summed E-state index contributed by atoms with van der Waals surface area (Å²) in [6, 6.07) is 7.44. The Labute approximate surface area is 174 Å². The van der Waals surface area contributed by atoms with E-state index in [1.54, 1.807) is 0 Å². The van der Waals surface area contributed by atoms with E-state index in [1.807, 2.05) is 24.3 Å². The summed E-state index contributed by atoms with van der Waals surface area (Å²) in [4.78, 5) is 17.8. The molecule has 1 saturated carbocycles. The molecule has 0 aromatic heterocycles. The van der Waals surface area contributed by atoms with Crippen molar-refractivity contribution in [1.29, 1.82) is 0 Å². The molecule has 1 aromatic carbocycles. The van der Waals surface area contributed by atoms with Crippen LogP contribution in [0.25, 0.3) is 0 Å². The van der Waals surface area contributed by atoms with E-state index in [0.717, 1.165) is 37.2 Å². The zero-order valence-electron chi connectivity index (χ0n) is 16.1. The third-order valence-corrected chi connectivity index (χ3v) is 6.77. The van der Waals surface area contributed by atoms with Gasteiger partial charge in [0.15, 0.2) is 0 Å². The van der Waals surface area contributed by atoms with Crippen molar-refractivity contribution in [2.45, 2.75) is 25.0 Å². The molecule has 4 unspecified atom stereocenters. The molecular formula is C21H27BrN2O4. The van der Waals surface area contributed by atoms with Crippen molar-refractivity contribution >= 4 is 21.7 Å². The van der Waals surface area contributed by atoms with Crippen molar-refractivity contribution in [2.24, 2.45) is 11.8 Å². The number of aliphatic hydroxyl groups excluding tert-OH is 1. The lowest BCUT2D eigenvalue weighted by Crippen LogP contribution is -2.54. The Bertz CT molecular complexity index is 748. The quantitative estimate of drug-likeness (QED) is 0.758. The largest absolute Gasteiger partial charge is 0.493 e. The minimum Gasteiger partial charge on any atom is -0.493 e. The molecule has 0 amide bonds. The normalized spacial score (nSPS) is 31.7. The van der Waals surface area contributed by atoms with Crippen LogP contribution in [0.4, 0.5) is 0 Å². The van der Waals surface area contributed by atoms with Crippen molar-refractivity contribution in [3.8, 4) is 5.75 Å². The van der Waals surface area contributed by atoms with E-state index in [1.165, 1.54) is 6.26 Å². The molecular weight excluding hydrogens is 424 g/mol. The first-order chi connectivity index (χ1) is 13.5. The van der Waals surface area contributed by atoms with Crippen molar-refractivity contribution < 1.29 is 19.4 Å². The van der Waals surface area contributed by atoms with Gasteiger partial charge in [0, 0.05) is 38.6 Å². The minimum atomic E-state index is -0.437. The SMILES string of the molecule is CN1CCN(CC2C(O)CCC3C(=O)C(Oc4ccccc4Br)=COC32)CC1. The highest BCUT2D eigenvalue weighted by Crippen LogP contribution is 2.38. The zero-order valence-corrected chi connectivity index (χ0v) is 17.7. The van der Waals surface area contributed by atoms with Crippen molar-refractivity contribution in [1.82, 2.24) is 9.80 Å². The van der Waals surface area contributed by atoms with Crippen molar-refractivity contribution in [3.63, 3.8) is 0 Å². The fourth-order valence-corrected chi connectivity index (χ4v) is 4.74. The molecule has 1 N–H and O–H groups in total. The lowest BCUT2D eigenvalue weighted by Gasteiger charge is -2.44. The van der Waals surface area contributed by atoms with Crippen LogP contribution in [0.15, 0.2) is 40.8 Å². The van der Waals surface area contributed by atoms with Gasteiger partial charge in [-0.15, -0.1) is 0 Å². The molecule has 7 heteroatoms. The minimum absolute atomic E-state index is 0.0257. The van der Waals surface area contributed by atoms with Crippen LogP contribution in [-0.2, 0) is 9.53 Å². The maximum atomic E-state index is 13.1. The fourth-order valence-electron chi connectivity index (χ4n) is 4.38. The van der Waals surface area contributed by atoms with Crippen LogP contribution in [0.1, 0.15) is 12.8 Å². The summed E-state index contributed by atoms with van der Waals surface area (Å²) in [5.74, 6) is 0.481. The van der Waals surface area contributed by atoms with E-state index >= 15 is 0 Å². The van der Waals surface area contributed by atoms with E-state index in [0.29, 0.717) is 18.6 Å². The van der Waals surface area contributed by atoms with E-state index in [4.69, 9.17) is 9.47 Å². The Balaban J connectivity index is 1.47. The Kier molecular flexibility index (Phi) is 6.06. The number of ketones is 1. The summed E-state index contributed by atoms with van der Waals surface area (Å²) >= 11 is 3.44. The number of carbonyl (C=O) groups is 1. The molecule has 0 spiro atoms. The van der Waals surface area contributed by atoms with Crippen LogP contribution >= 0.6 is 15.9 Å². The molecule has 28 heavy (non-hydrogen) atoms. The number of Topliss-reactive ketones (excluding diaryl/α,β-unsaturated/α-hetero) is 1. The molecule has 1 saturated heterocycles. The van der Waals surface area contributed by atoms with Gasteiger partial charge in [-0.25, -0.2) is 0 Å². The summed E-state index contributed by atoms with van der Waals surface area (Å²) in [6.07, 6.45) is 1.96. The average molecular weight is 451 g/mol. The smallest absolute Gasteiger partial charge is 0.208 e. The van der Waals surface area contributed by atoms with Gasteiger partial charge in [0.05, 0.1) is 16.5 Å². The summed E-state index contributed by atoms with van der Waals surface area (Å²) in [5, 5.41) is 10.6. The number of nitrogens with zero attached hydrogens (tertiary/aromatic N) is 2. The number of ether oxygens (including phenoxy) is 2. The summed E-state index contributed by atoms with van der Waals surface area (Å²) in [6.45, 7) is 4.79. The lowest BCUT2D eigenvalue weighted by molar-refractivity contribution is -0.140. The van der Waals surface area contributed by atoms with Crippen LogP contribution in [0.3, 0.4) is 0 Å². The van der Waals surface area contributed by atoms with Crippen LogP contribution in [0.5, 0.6) is 5.75 Å². The van der Waals surface area contributed by atoms with Gasteiger partial charge in [0.2, 0.25) is 11.5 Å². The molecule has 1 aromatic rings. The van der Waals surface area contributed by atoms with E-state index in [2.05, 4.69) is 32.8 Å². The predicted molar refractivity (Wildman–Crippen MR) is 109 cm³/mol. The number of rotatable bonds is 4. The number of hydrogen-bond donors (Lipinski definition) is 1. The van der Waals surface area contributed by atoms with Crippen LogP contribution in [-0.4, -0.2) is 72.7 Å². The maximum Gasteiger partial charge on any atom is 0.208 e. The van der Waals surface area contributed by atoms with Crippen LogP contribution in [0, 0.1) is 11.8 Å². The number of piperazine rings is 1. The van der Waals surface area contributed by atoms with Gasteiger partial charge in [-0.05, 0) is 48.0 Å². The van der Waals surface area contributed by atoms with Gasteiger partial charge in [0.1, 0.15) is 18.1 Å². The maximum absolute atomic E-state index is 13.1. The summed E-state index contributed by atoms with van der Waals surface area (Å²) in [5.41, 5.74) is 0. The van der Waals surface area contributed by atoms with Crippen LogP contribution in [0.2, 0.25) is 0 Å². The second-order valence-corrected chi connectivity index (χ2v) is 8.85. The Morgan fingerprint density at radius 1 is 1.21 bits per heavy atom. The molecule has 0 radical (unpaired) electrons. The molecule has 152 valence electrons. The number of fused-ring (bicyclic) bond motifs is 1. The Hall–Kier alpha value is -1.41. The highest BCUT2D eigenvalue weighted by molar-refractivity contribution is 9.10. The van der Waals surface area contributed by atoms with Crippen molar-refractivity contribution in [3.05, 3.63) is 40.8 Å². The average Bonchev–Trinajstić information content (AvgIpc) is 2.69. The highest BCUT2D eigenvalue weighted by Gasteiger charge is 2.47. The summed E-state index contributed by atoms with van der Waals surface area (Å²) < 4.78 is 12.6. The first-order valence-corrected chi connectivity index (χ1v) is 10.7. The molecule has 2 aliphatic heterocycles. The molecule has 4 rings (SSSR count). The second-order valence-electron chi connectivity index (χ2n) is 8.00. The second kappa shape index (κ2) is 8.53. The van der Waals surface area contributed by atoms with Crippen molar-refractivity contribution in [2.75, 3.05) is 39.8 Å². The fraction of sp³-hybridized carbons (Fsp3) is 0.571. The molecule has 4 atom stereocenters. The number of likely N-dealkylation sites (N-methyl/N-ethyl adjacent to an activating group) is 1. The van der Waals surface area contributed by atoms with Gasteiger partial charge in [-0.3, -0.25) is 4.79 Å². The van der Waals surface area contributed by atoms with E-state index in [9.17, 15) is 9.90 Å². The van der Waals surface area contributed by atoms with Gasteiger partial charge in [-0.1, -0.05) is 12.1 Å². The number of aliphatic hydroxyl groups is 1. The topological polar surface area (TPSA) is 62.2 Å². The highest BCUT2D eigenvalue weighted by atomic mass is 79.9. The number of halogens is 1. The van der Waals surface area contributed by atoms with E-state index < -0.39 is 6.10 Å². The summed E-state index contributed by atoms with van der Waals surface area (Å²) in [7, 11) is 2.13. The first-order valence-electron chi connectivity index (χ1n) is 9.94. The van der Waals surface area contributed by atoms with E-state index in [-0.39, 0.29) is 29.5 Å². The number of benzene rings is 1. The standard InChI is InChI=1S/C21H27BrN2O4/c1-23-8-10-24(11-9-23)12-15-17(25)7-6-14-20(26)19(13-27-21(14)15)28-18-5-3-2-4-16(18)22/h2-5,13-15,17,21,25H,6-12H2,1H3. The van der Waals surface area contributed by atoms with Crippen LogP contribution < -0.4 is 4.74 Å². The van der Waals surface area contributed by atoms with Gasteiger partial charge < -0.3 is 24.4 Å². The van der Waals surface area contributed by atoms with Gasteiger partial charge in [-0.2, -0.15) is 0 Å². The number of carbonyl (C=O) groups excluding carboxylic acids is 1. The molecule has 2 heterocycles. The first kappa shape index (κ1) is 19.9. The molecule has 6 nitrogen and oxygen atoms in total. The Morgan fingerprint density at radius 3 is 2.71 bits per heavy atom. The predicted octanol–water partition coefficient (Wildman–Crippen LogP) is 2.27. The zero-order chi connectivity index (χ0) is 19.7. The molecule has 2 fully saturated rings. The number of hydrogen-bond acceptors (Lipinski definition) is 6.